The predicted molar refractivity (Wildman–Crippen MR) is 39.1 cm³/mol. The van der Waals surface area contributed by atoms with Gasteiger partial charge in [-0.3, -0.25) is 0 Å². The van der Waals surface area contributed by atoms with Crippen molar-refractivity contribution < 1.29 is 5.21 Å². The summed E-state index contributed by atoms with van der Waals surface area (Å²) in [4.78, 5) is 0. The van der Waals surface area contributed by atoms with E-state index in [1.54, 1.807) is 6.21 Å². The number of oxime groups is 1. The van der Waals surface area contributed by atoms with Crippen molar-refractivity contribution in [3.05, 3.63) is 12.2 Å². The summed E-state index contributed by atoms with van der Waals surface area (Å²) in [6.45, 7) is 0. The van der Waals surface area contributed by atoms with Gasteiger partial charge in [0.1, 0.15) is 0 Å². The van der Waals surface area contributed by atoms with Gasteiger partial charge < -0.3 is 5.21 Å². The number of hydrogen-bond donors (Lipinski definition) is 1. The zero-order valence-corrected chi connectivity index (χ0v) is 5.77. The van der Waals surface area contributed by atoms with E-state index < -0.39 is 0 Å². The van der Waals surface area contributed by atoms with Gasteiger partial charge in [-0.15, -0.1) is 5.16 Å². The Morgan fingerprint density at radius 1 is 1.40 bits per heavy atom. The summed E-state index contributed by atoms with van der Waals surface area (Å²) < 4.78 is 0. The van der Waals surface area contributed by atoms with Gasteiger partial charge in [-0.05, 0) is 24.7 Å². The van der Waals surface area contributed by atoms with Crippen LogP contribution in [0.1, 0.15) is 12.8 Å². The molecule has 0 aromatic heterocycles. The Kier molecular flexibility index (Phi) is 1.26. The summed E-state index contributed by atoms with van der Waals surface area (Å²) in [5.41, 5.74) is 0. The molecule has 2 heteroatoms. The summed E-state index contributed by atoms with van der Waals surface area (Å²) in [5, 5.41) is 11.4. The van der Waals surface area contributed by atoms with Gasteiger partial charge in [-0.25, -0.2) is 0 Å². The molecule has 1 N–H and O–H groups in total. The van der Waals surface area contributed by atoms with Crippen LogP contribution in [0.15, 0.2) is 17.3 Å². The summed E-state index contributed by atoms with van der Waals surface area (Å²) in [6.07, 6.45) is 8.67. The van der Waals surface area contributed by atoms with Crippen molar-refractivity contribution in [2.45, 2.75) is 12.8 Å². The van der Waals surface area contributed by atoms with Crippen molar-refractivity contribution in [2.75, 3.05) is 0 Å². The standard InChI is InChI=1S/C8H11NO/c10-9-5-8-4-6-1-2-7(8)3-6/h1-2,5-8,10H,3-4H2/b9-5-. The topological polar surface area (TPSA) is 32.6 Å². The van der Waals surface area contributed by atoms with Crippen LogP contribution in [0.3, 0.4) is 0 Å². The third-order valence-corrected chi connectivity index (χ3v) is 2.59. The summed E-state index contributed by atoms with van der Waals surface area (Å²) >= 11 is 0. The second-order valence-electron chi connectivity index (χ2n) is 3.21. The molecule has 1 fully saturated rings. The molecule has 0 radical (unpaired) electrons. The summed E-state index contributed by atoms with van der Waals surface area (Å²) in [6, 6.07) is 0. The number of rotatable bonds is 1. The Bertz CT molecular complexity index is 186. The zero-order chi connectivity index (χ0) is 6.97. The maximum Gasteiger partial charge on any atom is 0.0472 e. The first-order chi connectivity index (χ1) is 4.90. The lowest BCUT2D eigenvalue weighted by molar-refractivity contribution is 0.316. The van der Waals surface area contributed by atoms with E-state index in [4.69, 9.17) is 5.21 Å². The summed E-state index contributed by atoms with van der Waals surface area (Å²) in [5.74, 6) is 1.95. The molecular weight excluding hydrogens is 126 g/mol. The molecule has 3 unspecified atom stereocenters. The van der Waals surface area contributed by atoms with Crippen LogP contribution >= 0.6 is 0 Å². The van der Waals surface area contributed by atoms with Crippen LogP contribution in [-0.4, -0.2) is 11.4 Å². The van der Waals surface area contributed by atoms with Crippen molar-refractivity contribution in [1.82, 2.24) is 0 Å². The highest BCUT2D eigenvalue weighted by molar-refractivity contribution is 5.62. The van der Waals surface area contributed by atoms with Crippen LogP contribution in [-0.2, 0) is 0 Å². The van der Waals surface area contributed by atoms with Crippen molar-refractivity contribution >= 4 is 6.21 Å². The smallest absolute Gasteiger partial charge is 0.0472 e. The molecule has 2 rings (SSSR count). The van der Waals surface area contributed by atoms with E-state index in [2.05, 4.69) is 17.3 Å². The van der Waals surface area contributed by atoms with Gasteiger partial charge in [0, 0.05) is 12.1 Å². The minimum Gasteiger partial charge on any atom is -0.411 e. The van der Waals surface area contributed by atoms with Crippen LogP contribution in [0.5, 0.6) is 0 Å². The second-order valence-corrected chi connectivity index (χ2v) is 3.21. The number of hydrogen-bond acceptors (Lipinski definition) is 2. The monoisotopic (exact) mass is 137 g/mol. The third-order valence-electron chi connectivity index (χ3n) is 2.59. The fourth-order valence-electron chi connectivity index (χ4n) is 2.08. The van der Waals surface area contributed by atoms with Crippen molar-refractivity contribution in [3.63, 3.8) is 0 Å². The first-order valence-electron chi connectivity index (χ1n) is 3.76. The normalized spacial score (nSPS) is 43.8. The highest BCUT2D eigenvalue weighted by Crippen LogP contribution is 2.42. The van der Waals surface area contributed by atoms with E-state index in [0.29, 0.717) is 11.8 Å². The number of nitrogens with zero attached hydrogens (tertiary/aromatic N) is 1. The van der Waals surface area contributed by atoms with Gasteiger partial charge in [-0.2, -0.15) is 0 Å². The van der Waals surface area contributed by atoms with Crippen LogP contribution in [0.2, 0.25) is 0 Å². The lowest BCUT2D eigenvalue weighted by atomic mass is 9.95. The van der Waals surface area contributed by atoms with Crippen LogP contribution in [0, 0.1) is 17.8 Å². The van der Waals surface area contributed by atoms with E-state index >= 15 is 0 Å². The van der Waals surface area contributed by atoms with E-state index in [1.807, 2.05) is 0 Å². The molecule has 3 atom stereocenters. The Morgan fingerprint density at radius 3 is 2.80 bits per heavy atom. The molecule has 2 nitrogen and oxygen atoms in total. The molecule has 0 heterocycles. The zero-order valence-electron chi connectivity index (χ0n) is 5.77. The van der Waals surface area contributed by atoms with Gasteiger partial charge >= 0.3 is 0 Å². The maximum atomic E-state index is 8.30. The SMILES string of the molecule is O/N=C\C1CC2C=CC1C2. The maximum absolute atomic E-state index is 8.30. The lowest BCUT2D eigenvalue weighted by Crippen LogP contribution is -2.07. The quantitative estimate of drug-likeness (QED) is 0.253. The molecular formula is C8H11NO. The van der Waals surface area contributed by atoms with E-state index in [1.165, 1.54) is 12.8 Å². The largest absolute Gasteiger partial charge is 0.411 e. The van der Waals surface area contributed by atoms with E-state index in [9.17, 15) is 0 Å². The van der Waals surface area contributed by atoms with Crippen LogP contribution in [0.25, 0.3) is 0 Å². The Morgan fingerprint density at radius 2 is 2.30 bits per heavy atom. The molecule has 1 saturated carbocycles. The fourth-order valence-corrected chi connectivity index (χ4v) is 2.08. The molecule has 0 aromatic rings. The molecule has 10 heavy (non-hydrogen) atoms. The first kappa shape index (κ1) is 5.96. The molecule has 0 aliphatic heterocycles. The molecule has 2 bridgehead atoms. The Balaban J connectivity index is 2.09. The average Bonchev–Trinajstić information content (AvgIpc) is 2.48. The van der Waals surface area contributed by atoms with Crippen LogP contribution < -0.4 is 0 Å². The highest BCUT2D eigenvalue weighted by atomic mass is 16.4. The molecule has 2 aliphatic rings. The fraction of sp³-hybridized carbons (Fsp3) is 0.625. The van der Waals surface area contributed by atoms with Gasteiger partial charge in [0.15, 0.2) is 0 Å². The van der Waals surface area contributed by atoms with E-state index in [-0.39, 0.29) is 0 Å². The molecule has 0 aromatic carbocycles. The molecule has 54 valence electrons. The minimum absolute atomic E-state index is 0.514. The third kappa shape index (κ3) is 0.753. The molecule has 2 aliphatic carbocycles. The minimum atomic E-state index is 0.514. The Labute approximate surface area is 60.2 Å². The Hall–Kier alpha value is -0.790. The van der Waals surface area contributed by atoms with Crippen molar-refractivity contribution in [1.29, 1.82) is 0 Å². The number of fused-ring (bicyclic) bond motifs is 2. The average molecular weight is 137 g/mol. The molecule has 0 saturated heterocycles. The van der Waals surface area contributed by atoms with Crippen LogP contribution in [0.4, 0.5) is 0 Å². The predicted octanol–water partition coefficient (Wildman–Crippen LogP) is 1.66. The van der Waals surface area contributed by atoms with Crippen molar-refractivity contribution in [2.24, 2.45) is 22.9 Å². The first-order valence-corrected chi connectivity index (χ1v) is 3.76. The number of allylic oxidation sites excluding steroid dienone is 2. The lowest BCUT2D eigenvalue weighted by Gasteiger charge is -2.10. The highest BCUT2D eigenvalue weighted by Gasteiger charge is 2.34. The molecule has 0 spiro atoms. The summed E-state index contributed by atoms with van der Waals surface area (Å²) in [7, 11) is 0. The van der Waals surface area contributed by atoms with Gasteiger partial charge in [0.05, 0.1) is 0 Å². The van der Waals surface area contributed by atoms with Gasteiger partial charge in [-0.1, -0.05) is 12.2 Å². The van der Waals surface area contributed by atoms with Gasteiger partial charge in [0.25, 0.3) is 0 Å². The second kappa shape index (κ2) is 2.11. The van der Waals surface area contributed by atoms with Crippen molar-refractivity contribution in [3.8, 4) is 0 Å². The molecule has 0 amide bonds. The van der Waals surface area contributed by atoms with E-state index in [0.717, 1.165) is 5.92 Å². The van der Waals surface area contributed by atoms with Gasteiger partial charge in [0.2, 0.25) is 0 Å².